The molecule has 6 heteroatoms. The maximum Gasteiger partial charge on any atom is 0.242 e. The van der Waals surface area contributed by atoms with Crippen molar-refractivity contribution in [2.45, 2.75) is 36.3 Å². The third-order valence-corrected chi connectivity index (χ3v) is 5.13. The number of para-hydroxylation sites is 1. The summed E-state index contributed by atoms with van der Waals surface area (Å²) in [5.74, 6) is 0. The molecule has 1 saturated carbocycles. The minimum Gasteiger partial charge on any atom is -0.391 e. The summed E-state index contributed by atoms with van der Waals surface area (Å²) in [6.45, 7) is 1.19. The molecule has 0 unspecified atom stereocenters. The standard InChI is InChI=1S/C13H18N2O3S/c16-11-7-8-15(9-11)12-3-1-2-4-13(12)19(17,18)14-10-5-6-10/h1-4,10-11,14,16H,5-9H2/t11-/m1/s1. The van der Waals surface area contributed by atoms with E-state index in [1.54, 1.807) is 18.2 Å². The fourth-order valence-corrected chi connectivity index (χ4v) is 3.92. The van der Waals surface area contributed by atoms with Gasteiger partial charge in [-0.05, 0) is 31.4 Å². The van der Waals surface area contributed by atoms with Crippen LogP contribution in [0.15, 0.2) is 29.2 Å². The molecule has 0 amide bonds. The van der Waals surface area contributed by atoms with Crippen LogP contribution in [-0.4, -0.2) is 38.8 Å². The molecule has 1 heterocycles. The predicted molar refractivity (Wildman–Crippen MR) is 72.6 cm³/mol. The van der Waals surface area contributed by atoms with Gasteiger partial charge in [0.15, 0.2) is 0 Å². The molecule has 1 aliphatic heterocycles. The number of anilines is 1. The quantitative estimate of drug-likeness (QED) is 0.853. The van der Waals surface area contributed by atoms with Crippen molar-refractivity contribution in [3.8, 4) is 0 Å². The highest BCUT2D eigenvalue weighted by Crippen LogP contribution is 2.30. The Kier molecular flexibility index (Phi) is 3.24. The summed E-state index contributed by atoms with van der Waals surface area (Å²) in [7, 11) is -3.46. The number of benzene rings is 1. The second kappa shape index (κ2) is 4.77. The first-order chi connectivity index (χ1) is 9.06. The zero-order valence-corrected chi connectivity index (χ0v) is 11.4. The molecule has 1 atom stereocenters. The van der Waals surface area contributed by atoms with Gasteiger partial charge in [-0.25, -0.2) is 13.1 Å². The second-order valence-corrected chi connectivity index (χ2v) is 6.93. The molecule has 19 heavy (non-hydrogen) atoms. The van der Waals surface area contributed by atoms with Crippen molar-refractivity contribution < 1.29 is 13.5 Å². The molecule has 2 fully saturated rings. The summed E-state index contributed by atoms with van der Waals surface area (Å²) < 4.78 is 27.4. The van der Waals surface area contributed by atoms with Gasteiger partial charge in [0.05, 0.1) is 11.8 Å². The summed E-state index contributed by atoms with van der Waals surface area (Å²) >= 11 is 0. The Morgan fingerprint density at radius 3 is 2.58 bits per heavy atom. The van der Waals surface area contributed by atoms with Gasteiger partial charge in [0.1, 0.15) is 4.90 Å². The number of β-amino-alcohol motifs (C(OH)–C–C–N with tert-alkyl or cyclic N) is 1. The van der Waals surface area contributed by atoms with Gasteiger partial charge < -0.3 is 10.0 Å². The summed E-state index contributed by atoms with van der Waals surface area (Å²) in [5.41, 5.74) is 0.687. The smallest absolute Gasteiger partial charge is 0.242 e. The zero-order chi connectivity index (χ0) is 13.5. The number of nitrogens with zero attached hydrogens (tertiary/aromatic N) is 1. The molecule has 5 nitrogen and oxygen atoms in total. The van der Waals surface area contributed by atoms with Crippen LogP contribution in [0.5, 0.6) is 0 Å². The van der Waals surface area contributed by atoms with Gasteiger partial charge in [-0.3, -0.25) is 0 Å². The van der Waals surface area contributed by atoms with Gasteiger partial charge in [-0.15, -0.1) is 0 Å². The number of nitrogens with one attached hydrogen (secondary N) is 1. The van der Waals surface area contributed by atoms with Crippen LogP contribution in [0.4, 0.5) is 5.69 Å². The van der Waals surface area contributed by atoms with Crippen LogP contribution in [0, 0.1) is 0 Å². The van der Waals surface area contributed by atoms with Crippen molar-refractivity contribution in [3.05, 3.63) is 24.3 Å². The fraction of sp³-hybridized carbons (Fsp3) is 0.538. The number of hydrogen-bond acceptors (Lipinski definition) is 4. The molecule has 1 aromatic carbocycles. The van der Waals surface area contributed by atoms with Crippen LogP contribution < -0.4 is 9.62 Å². The molecule has 2 aliphatic rings. The van der Waals surface area contributed by atoms with Gasteiger partial charge in [-0.1, -0.05) is 12.1 Å². The van der Waals surface area contributed by atoms with Crippen LogP contribution >= 0.6 is 0 Å². The third-order valence-electron chi connectivity index (χ3n) is 3.56. The lowest BCUT2D eigenvalue weighted by Crippen LogP contribution is -2.29. The molecule has 0 aromatic heterocycles. The Morgan fingerprint density at radius 1 is 1.21 bits per heavy atom. The Bertz CT molecular complexity index is 569. The summed E-state index contributed by atoms with van der Waals surface area (Å²) in [5, 5.41) is 9.60. The average Bonchev–Trinajstić information content (AvgIpc) is 3.07. The molecule has 2 N–H and O–H groups in total. The maximum atomic E-state index is 12.3. The van der Waals surface area contributed by atoms with E-state index < -0.39 is 10.0 Å². The van der Waals surface area contributed by atoms with Gasteiger partial charge >= 0.3 is 0 Å². The van der Waals surface area contributed by atoms with E-state index in [-0.39, 0.29) is 12.1 Å². The van der Waals surface area contributed by atoms with E-state index in [2.05, 4.69) is 4.72 Å². The number of rotatable bonds is 4. The lowest BCUT2D eigenvalue weighted by atomic mass is 10.3. The SMILES string of the molecule is O=S(=O)(NC1CC1)c1ccccc1N1CC[C@@H](O)C1. The summed E-state index contributed by atoms with van der Waals surface area (Å²) in [6, 6.07) is 7.10. The first-order valence-electron chi connectivity index (χ1n) is 6.60. The van der Waals surface area contributed by atoms with Crippen molar-refractivity contribution in [3.63, 3.8) is 0 Å². The van der Waals surface area contributed by atoms with Crippen LogP contribution in [-0.2, 0) is 10.0 Å². The van der Waals surface area contributed by atoms with Crippen molar-refractivity contribution in [1.82, 2.24) is 4.72 Å². The minimum atomic E-state index is -3.46. The van der Waals surface area contributed by atoms with Gasteiger partial charge in [0.2, 0.25) is 10.0 Å². The van der Waals surface area contributed by atoms with E-state index in [1.807, 2.05) is 11.0 Å². The van der Waals surface area contributed by atoms with Crippen molar-refractivity contribution in [2.24, 2.45) is 0 Å². The average molecular weight is 282 g/mol. The van der Waals surface area contributed by atoms with Gasteiger partial charge in [0, 0.05) is 19.1 Å². The molecular formula is C13H18N2O3S. The largest absolute Gasteiger partial charge is 0.391 e. The van der Waals surface area contributed by atoms with Gasteiger partial charge in [0.25, 0.3) is 0 Å². The van der Waals surface area contributed by atoms with E-state index in [0.29, 0.717) is 30.1 Å². The van der Waals surface area contributed by atoms with E-state index in [0.717, 1.165) is 12.8 Å². The first-order valence-corrected chi connectivity index (χ1v) is 8.09. The van der Waals surface area contributed by atoms with E-state index in [1.165, 1.54) is 0 Å². The molecule has 0 spiro atoms. The van der Waals surface area contributed by atoms with E-state index in [9.17, 15) is 13.5 Å². The Hall–Kier alpha value is -1.11. The van der Waals surface area contributed by atoms with Crippen molar-refractivity contribution >= 4 is 15.7 Å². The van der Waals surface area contributed by atoms with Crippen molar-refractivity contribution in [2.75, 3.05) is 18.0 Å². The Morgan fingerprint density at radius 2 is 1.95 bits per heavy atom. The maximum absolute atomic E-state index is 12.3. The second-order valence-electron chi connectivity index (χ2n) is 5.25. The lowest BCUT2D eigenvalue weighted by molar-refractivity contribution is 0.198. The Balaban J connectivity index is 1.92. The lowest BCUT2D eigenvalue weighted by Gasteiger charge is -2.21. The normalized spacial score (nSPS) is 23.8. The summed E-state index contributed by atoms with van der Waals surface area (Å²) in [6.07, 6.45) is 2.16. The monoisotopic (exact) mass is 282 g/mol. The number of aliphatic hydroxyl groups is 1. The number of aliphatic hydroxyl groups excluding tert-OH is 1. The highest BCUT2D eigenvalue weighted by molar-refractivity contribution is 7.89. The molecule has 3 rings (SSSR count). The van der Waals surface area contributed by atoms with E-state index >= 15 is 0 Å². The fourth-order valence-electron chi connectivity index (χ4n) is 2.39. The van der Waals surface area contributed by atoms with Crippen LogP contribution in [0.2, 0.25) is 0 Å². The molecule has 0 radical (unpaired) electrons. The molecule has 1 aromatic rings. The van der Waals surface area contributed by atoms with Crippen LogP contribution in [0.25, 0.3) is 0 Å². The molecule has 1 saturated heterocycles. The number of hydrogen-bond donors (Lipinski definition) is 2. The Labute approximate surface area is 113 Å². The van der Waals surface area contributed by atoms with Crippen molar-refractivity contribution in [1.29, 1.82) is 0 Å². The zero-order valence-electron chi connectivity index (χ0n) is 10.6. The van der Waals surface area contributed by atoms with Gasteiger partial charge in [-0.2, -0.15) is 0 Å². The topological polar surface area (TPSA) is 69.6 Å². The minimum absolute atomic E-state index is 0.0993. The molecule has 0 bridgehead atoms. The molecular weight excluding hydrogens is 264 g/mol. The number of sulfonamides is 1. The third kappa shape index (κ3) is 2.75. The molecule has 1 aliphatic carbocycles. The molecule has 104 valence electrons. The highest BCUT2D eigenvalue weighted by atomic mass is 32.2. The van der Waals surface area contributed by atoms with E-state index in [4.69, 9.17) is 0 Å². The first kappa shape index (κ1) is 12.9. The van der Waals surface area contributed by atoms with Crippen LogP contribution in [0.1, 0.15) is 19.3 Å². The predicted octanol–water partition coefficient (Wildman–Crippen LogP) is 0.698. The summed E-state index contributed by atoms with van der Waals surface area (Å²) in [4.78, 5) is 2.25. The van der Waals surface area contributed by atoms with Crippen LogP contribution in [0.3, 0.4) is 0 Å². The highest BCUT2D eigenvalue weighted by Gasteiger charge is 2.31.